The molecule has 0 aliphatic heterocycles. The van der Waals surface area contributed by atoms with Gasteiger partial charge < -0.3 is 25.3 Å². The number of carbonyl (C=O) groups is 1. The van der Waals surface area contributed by atoms with Gasteiger partial charge in [-0.15, -0.1) is 24.0 Å². The van der Waals surface area contributed by atoms with Crippen LogP contribution in [0.5, 0.6) is 0 Å². The molecule has 0 aliphatic rings. The molecule has 3 N–H and O–H groups in total. The Kier molecular flexibility index (Phi) is 10.4. The van der Waals surface area contributed by atoms with E-state index >= 15 is 0 Å². The fourth-order valence-corrected chi connectivity index (χ4v) is 1.60. The van der Waals surface area contributed by atoms with E-state index in [2.05, 4.69) is 25.9 Å². The molecule has 0 aliphatic carbocycles. The summed E-state index contributed by atoms with van der Waals surface area (Å²) in [5.41, 5.74) is -0.484. The standard InChI is InChI=1S/C14H26N6O2.HI/c1-14(2,3)22-13(21)19-6-5-17-12(15-4)18-8-10-20-9-7-16-11-20;/h7,9,11H,5-6,8,10H2,1-4H3,(H,19,21)(H2,15,17,18);1H. The molecule has 1 rings (SSSR count). The molecule has 0 unspecified atom stereocenters. The van der Waals surface area contributed by atoms with Crippen molar-refractivity contribution >= 4 is 36.0 Å². The number of nitrogens with zero attached hydrogens (tertiary/aromatic N) is 3. The molecule has 1 aromatic rings. The van der Waals surface area contributed by atoms with Crippen molar-refractivity contribution in [1.82, 2.24) is 25.5 Å². The fraction of sp³-hybridized carbons (Fsp3) is 0.643. The Labute approximate surface area is 154 Å². The van der Waals surface area contributed by atoms with Crippen molar-refractivity contribution in [2.24, 2.45) is 4.99 Å². The molecule has 0 saturated carbocycles. The van der Waals surface area contributed by atoms with Crippen LogP contribution in [0.3, 0.4) is 0 Å². The second kappa shape index (κ2) is 11.1. The zero-order chi connectivity index (χ0) is 16.4. The van der Waals surface area contributed by atoms with Crippen molar-refractivity contribution < 1.29 is 9.53 Å². The molecule has 0 atom stereocenters. The largest absolute Gasteiger partial charge is 0.444 e. The number of rotatable bonds is 6. The van der Waals surface area contributed by atoms with E-state index in [0.29, 0.717) is 19.0 Å². The average molecular weight is 438 g/mol. The summed E-state index contributed by atoms with van der Waals surface area (Å²) >= 11 is 0. The van der Waals surface area contributed by atoms with Crippen LogP contribution >= 0.6 is 24.0 Å². The summed E-state index contributed by atoms with van der Waals surface area (Å²) in [5.74, 6) is 0.686. The van der Waals surface area contributed by atoms with Crippen LogP contribution in [-0.4, -0.2) is 53.9 Å². The number of hydrogen-bond donors (Lipinski definition) is 3. The lowest BCUT2D eigenvalue weighted by molar-refractivity contribution is 0.0529. The SMILES string of the molecule is CN=C(NCCNC(=O)OC(C)(C)C)NCCn1ccnc1.I. The third-order valence-corrected chi connectivity index (χ3v) is 2.53. The van der Waals surface area contributed by atoms with Gasteiger partial charge in [-0.2, -0.15) is 0 Å². The lowest BCUT2D eigenvalue weighted by Crippen LogP contribution is -2.43. The summed E-state index contributed by atoms with van der Waals surface area (Å²) in [7, 11) is 1.70. The van der Waals surface area contributed by atoms with E-state index in [1.54, 1.807) is 19.6 Å². The number of hydrogen-bond acceptors (Lipinski definition) is 4. The van der Waals surface area contributed by atoms with Gasteiger partial charge in [-0.1, -0.05) is 0 Å². The number of ether oxygens (including phenoxy) is 1. The third-order valence-electron chi connectivity index (χ3n) is 2.53. The highest BCUT2D eigenvalue weighted by Gasteiger charge is 2.15. The molecule has 8 nitrogen and oxygen atoms in total. The van der Waals surface area contributed by atoms with Crippen LogP contribution in [0.4, 0.5) is 4.79 Å². The van der Waals surface area contributed by atoms with Gasteiger partial charge in [-0.3, -0.25) is 4.99 Å². The molecular formula is C14H27IN6O2. The van der Waals surface area contributed by atoms with Gasteiger partial charge in [0.25, 0.3) is 0 Å². The lowest BCUT2D eigenvalue weighted by Gasteiger charge is -2.19. The van der Waals surface area contributed by atoms with Crippen LogP contribution in [0.25, 0.3) is 0 Å². The maximum absolute atomic E-state index is 11.5. The van der Waals surface area contributed by atoms with E-state index in [1.165, 1.54) is 0 Å². The summed E-state index contributed by atoms with van der Waals surface area (Å²) in [4.78, 5) is 19.5. The smallest absolute Gasteiger partial charge is 0.407 e. The highest BCUT2D eigenvalue weighted by Crippen LogP contribution is 2.05. The monoisotopic (exact) mass is 438 g/mol. The van der Waals surface area contributed by atoms with Gasteiger partial charge in [0.2, 0.25) is 0 Å². The van der Waals surface area contributed by atoms with Crippen LogP contribution in [0, 0.1) is 0 Å². The summed E-state index contributed by atoms with van der Waals surface area (Å²) in [6.45, 7) is 8.04. The van der Waals surface area contributed by atoms with Gasteiger partial charge in [0.15, 0.2) is 5.96 Å². The minimum atomic E-state index is -0.484. The Morgan fingerprint density at radius 1 is 1.22 bits per heavy atom. The van der Waals surface area contributed by atoms with Crippen molar-refractivity contribution in [3.63, 3.8) is 0 Å². The first kappa shape index (κ1) is 21.5. The van der Waals surface area contributed by atoms with Crippen LogP contribution in [0.1, 0.15) is 20.8 Å². The van der Waals surface area contributed by atoms with E-state index < -0.39 is 11.7 Å². The number of guanidine groups is 1. The van der Waals surface area contributed by atoms with E-state index in [9.17, 15) is 4.79 Å². The van der Waals surface area contributed by atoms with Crippen LogP contribution < -0.4 is 16.0 Å². The molecule has 0 radical (unpaired) electrons. The quantitative estimate of drug-likeness (QED) is 0.269. The first-order chi connectivity index (χ1) is 10.4. The second-order valence-electron chi connectivity index (χ2n) is 5.65. The first-order valence-electron chi connectivity index (χ1n) is 7.28. The molecule has 1 heterocycles. The number of imidazole rings is 1. The average Bonchev–Trinajstić information content (AvgIpc) is 2.92. The van der Waals surface area contributed by atoms with Gasteiger partial charge in [0.05, 0.1) is 6.33 Å². The second-order valence-corrected chi connectivity index (χ2v) is 5.65. The van der Waals surface area contributed by atoms with E-state index in [4.69, 9.17) is 4.74 Å². The number of carbonyl (C=O) groups excluding carboxylic acids is 1. The predicted molar refractivity (Wildman–Crippen MR) is 101 cm³/mol. The number of aromatic nitrogens is 2. The maximum Gasteiger partial charge on any atom is 0.407 e. The lowest BCUT2D eigenvalue weighted by atomic mass is 10.2. The van der Waals surface area contributed by atoms with Crippen LogP contribution in [-0.2, 0) is 11.3 Å². The number of aliphatic imine (C=N–C) groups is 1. The first-order valence-corrected chi connectivity index (χ1v) is 7.28. The molecule has 132 valence electrons. The van der Waals surface area contributed by atoms with Gasteiger partial charge >= 0.3 is 6.09 Å². The van der Waals surface area contributed by atoms with Gasteiger partial charge in [0, 0.05) is 45.6 Å². The summed E-state index contributed by atoms with van der Waals surface area (Å²) in [6.07, 6.45) is 5.00. The van der Waals surface area contributed by atoms with Crippen LogP contribution in [0.15, 0.2) is 23.7 Å². The topological polar surface area (TPSA) is 92.6 Å². The predicted octanol–water partition coefficient (Wildman–Crippen LogP) is 1.19. The third kappa shape index (κ3) is 10.8. The minimum absolute atomic E-state index is 0. The molecule has 1 amide bonds. The number of alkyl carbamates (subject to hydrolysis) is 1. The molecule has 9 heteroatoms. The molecule has 1 aromatic heterocycles. The highest BCUT2D eigenvalue weighted by atomic mass is 127. The van der Waals surface area contributed by atoms with Crippen molar-refractivity contribution in [2.45, 2.75) is 32.9 Å². The molecule has 0 spiro atoms. The van der Waals surface area contributed by atoms with Crippen molar-refractivity contribution in [1.29, 1.82) is 0 Å². The minimum Gasteiger partial charge on any atom is -0.444 e. The Hall–Kier alpha value is -1.52. The zero-order valence-corrected chi connectivity index (χ0v) is 16.5. The zero-order valence-electron chi connectivity index (χ0n) is 14.1. The Balaban J connectivity index is 0.00000484. The van der Waals surface area contributed by atoms with E-state index in [-0.39, 0.29) is 24.0 Å². The Morgan fingerprint density at radius 2 is 1.87 bits per heavy atom. The Bertz CT molecular complexity index is 470. The molecule has 0 bridgehead atoms. The summed E-state index contributed by atoms with van der Waals surface area (Å²) in [5, 5.41) is 8.97. The van der Waals surface area contributed by atoms with Crippen molar-refractivity contribution in [3.05, 3.63) is 18.7 Å². The normalized spacial score (nSPS) is 11.4. The molecule has 0 aromatic carbocycles. The Morgan fingerprint density at radius 3 is 2.43 bits per heavy atom. The number of halogens is 1. The molecular weight excluding hydrogens is 411 g/mol. The van der Waals surface area contributed by atoms with Gasteiger partial charge in [-0.25, -0.2) is 9.78 Å². The van der Waals surface area contributed by atoms with Crippen molar-refractivity contribution in [3.8, 4) is 0 Å². The van der Waals surface area contributed by atoms with E-state index in [0.717, 1.165) is 13.1 Å². The highest BCUT2D eigenvalue weighted by molar-refractivity contribution is 14.0. The summed E-state index contributed by atoms with van der Waals surface area (Å²) < 4.78 is 7.12. The number of amides is 1. The van der Waals surface area contributed by atoms with E-state index in [1.807, 2.05) is 31.5 Å². The molecule has 0 fully saturated rings. The van der Waals surface area contributed by atoms with Gasteiger partial charge in [0.1, 0.15) is 5.60 Å². The molecule has 0 saturated heterocycles. The van der Waals surface area contributed by atoms with Crippen LogP contribution in [0.2, 0.25) is 0 Å². The number of nitrogens with one attached hydrogen (secondary N) is 3. The van der Waals surface area contributed by atoms with Crippen molar-refractivity contribution in [2.75, 3.05) is 26.7 Å². The maximum atomic E-state index is 11.5. The summed E-state index contributed by atoms with van der Waals surface area (Å²) in [6, 6.07) is 0. The molecule has 23 heavy (non-hydrogen) atoms. The fourth-order valence-electron chi connectivity index (χ4n) is 1.60. The van der Waals surface area contributed by atoms with Gasteiger partial charge in [-0.05, 0) is 20.8 Å².